The van der Waals surface area contributed by atoms with Crippen molar-refractivity contribution in [2.24, 2.45) is 5.92 Å². The highest BCUT2D eigenvalue weighted by atomic mass is 32.1. The molecule has 2 heterocycles. The van der Waals surface area contributed by atoms with Gasteiger partial charge >= 0.3 is 6.09 Å². The summed E-state index contributed by atoms with van der Waals surface area (Å²) in [6, 6.07) is 8.11. The van der Waals surface area contributed by atoms with Crippen molar-refractivity contribution in [3.05, 3.63) is 24.3 Å². The number of aromatic nitrogens is 1. The first kappa shape index (κ1) is 18.0. The molecule has 1 amide bonds. The summed E-state index contributed by atoms with van der Waals surface area (Å²) < 4.78 is 16.9. The van der Waals surface area contributed by atoms with Crippen molar-refractivity contribution >= 4 is 27.7 Å². The molecule has 0 bridgehead atoms. The van der Waals surface area contributed by atoms with Crippen LogP contribution in [0.3, 0.4) is 0 Å². The third-order valence-corrected chi connectivity index (χ3v) is 5.09. The van der Waals surface area contributed by atoms with Crippen LogP contribution in [-0.4, -0.2) is 40.7 Å². The van der Waals surface area contributed by atoms with Crippen molar-refractivity contribution < 1.29 is 14.3 Å². The molecule has 1 saturated heterocycles. The maximum Gasteiger partial charge on any atom is 0.410 e. The molecule has 1 aliphatic heterocycles. The van der Waals surface area contributed by atoms with Gasteiger partial charge in [-0.1, -0.05) is 12.1 Å². The van der Waals surface area contributed by atoms with Crippen LogP contribution in [0.25, 0.3) is 10.1 Å². The second kappa shape index (κ2) is 7.60. The molecule has 1 unspecified atom stereocenters. The van der Waals surface area contributed by atoms with E-state index in [-0.39, 0.29) is 6.09 Å². The lowest BCUT2D eigenvalue weighted by atomic mass is 9.95. The number of carbonyl (C=O) groups excluding carboxylic acids is 1. The Bertz CT molecular complexity index is 723. The molecule has 136 valence electrons. The molecule has 0 saturated carbocycles. The molecule has 1 aromatic heterocycles. The first-order valence-electron chi connectivity index (χ1n) is 8.87. The van der Waals surface area contributed by atoms with Crippen LogP contribution < -0.4 is 4.74 Å². The number of benzene rings is 1. The van der Waals surface area contributed by atoms with Gasteiger partial charge in [-0.2, -0.15) is 4.37 Å². The number of likely N-dealkylation sites (tertiary alicyclic amines) is 1. The lowest BCUT2D eigenvalue weighted by molar-refractivity contribution is 0.0154. The fourth-order valence-electron chi connectivity index (χ4n) is 3.08. The van der Waals surface area contributed by atoms with Crippen LogP contribution in [0, 0.1) is 5.92 Å². The summed E-state index contributed by atoms with van der Waals surface area (Å²) in [7, 11) is 0. The Kier molecular flexibility index (Phi) is 5.47. The van der Waals surface area contributed by atoms with Gasteiger partial charge in [0.25, 0.3) is 0 Å². The Hall–Kier alpha value is -1.82. The minimum Gasteiger partial charge on any atom is -0.477 e. The van der Waals surface area contributed by atoms with Gasteiger partial charge < -0.3 is 14.4 Å². The average Bonchev–Trinajstić information content (AvgIpc) is 2.97. The molecule has 0 aliphatic carbocycles. The number of amides is 1. The molecule has 0 radical (unpaired) electrons. The maximum absolute atomic E-state index is 12.2. The molecule has 25 heavy (non-hydrogen) atoms. The number of rotatable bonds is 4. The highest BCUT2D eigenvalue weighted by Gasteiger charge is 2.27. The number of carbonyl (C=O) groups is 1. The van der Waals surface area contributed by atoms with Gasteiger partial charge in [0.2, 0.25) is 5.88 Å². The summed E-state index contributed by atoms with van der Waals surface area (Å²) in [5, 5.41) is 1.08. The predicted molar refractivity (Wildman–Crippen MR) is 100 cm³/mol. The SMILES string of the molecule is CC(C)(C)OC(=O)N1CCCC(CCOc2nsc3ccccc23)C1. The van der Waals surface area contributed by atoms with Crippen LogP contribution in [-0.2, 0) is 4.74 Å². The Morgan fingerprint density at radius 1 is 1.36 bits per heavy atom. The van der Waals surface area contributed by atoms with E-state index in [1.165, 1.54) is 11.5 Å². The van der Waals surface area contributed by atoms with E-state index in [1.807, 2.05) is 43.9 Å². The van der Waals surface area contributed by atoms with E-state index >= 15 is 0 Å². The van der Waals surface area contributed by atoms with Crippen LogP contribution in [0.2, 0.25) is 0 Å². The normalized spacial score (nSPS) is 18.4. The van der Waals surface area contributed by atoms with E-state index in [4.69, 9.17) is 9.47 Å². The van der Waals surface area contributed by atoms with Crippen LogP contribution >= 0.6 is 11.5 Å². The molecular formula is C19H26N2O3S. The van der Waals surface area contributed by atoms with Crippen LogP contribution in [0.5, 0.6) is 5.88 Å². The number of nitrogens with zero attached hydrogens (tertiary/aromatic N) is 2. The fourth-order valence-corrected chi connectivity index (χ4v) is 3.81. The lowest BCUT2D eigenvalue weighted by Gasteiger charge is -2.34. The summed E-state index contributed by atoms with van der Waals surface area (Å²) in [5.41, 5.74) is -0.446. The van der Waals surface area contributed by atoms with Crippen molar-refractivity contribution in [3.63, 3.8) is 0 Å². The van der Waals surface area contributed by atoms with Gasteiger partial charge in [-0.15, -0.1) is 0 Å². The summed E-state index contributed by atoms with van der Waals surface area (Å²) in [6.45, 7) is 7.86. The second-order valence-corrected chi connectivity index (χ2v) is 8.36. The first-order chi connectivity index (χ1) is 11.9. The highest BCUT2D eigenvalue weighted by Crippen LogP contribution is 2.29. The van der Waals surface area contributed by atoms with Gasteiger partial charge in [0, 0.05) is 13.1 Å². The van der Waals surface area contributed by atoms with E-state index in [0.717, 1.165) is 48.3 Å². The van der Waals surface area contributed by atoms with Crippen LogP contribution in [0.1, 0.15) is 40.0 Å². The summed E-state index contributed by atoms with van der Waals surface area (Å²) >= 11 is 1.47. The van der Waals surface area contributed by atoms with Crippen molar-refractivity contribution in [2.45, 2.75) is 45.6 Å². The molecular weight excluding hydrogens is 336 g/mol. The molecule has 2 aromatic rings. The van der Waals surface area contributed by atoms with Gasteiger partial charge in [-0.25, -0.2) is 4.79 Å². The molecule has 1 aliphatic rings. The van der Waals surface area contributed by atoms with E-state index in [9.17, 15) is 4.79 Å². The molecule has 5 nitrogen and oxygen atoms in total. The largest absolute Gasteiger partial charge is 0.477 e. The van der Waals surface area contributed by atoms with Gasteiger partial charge in [-0.05, 0) is 69.6 Å². The molecule has 1 aromatic carbocycles. The Morgan fingerprint density at radius 2 is 2.16 bits per heavy atom. The standard InChI is InChI=1S/C19H26N2O3S/c1-19(2,3)24-18(22)21-11-6-7-14(13-21)10-12-23-17-15-8-4-5-9-16(15)25-20-17/h4-5,8-9,14H,6-7,10-13H2,1-3H3. The molecule has 3 rings (SSSR count). The van der Waals surface area contributed by atoms with Gasteiger partial charge in [0.1, 0.15) is 5.60 Å². The zero-order chi connectivity index (χ0) is 17.9. The van der Waals surface area contributed by atoms with Crippen molar-refractivity contribution in [3.8, 4) is 5.88 Å². The van der Waals surface area contributed by atoms with E-state index in [2.05, 4.69) is 10.4 Å². The topological polar surface area (TPSA) is 51.7 Å². The first-order valence-corrected chi connectivity index (χ1v) is 9.65. The molecule has 1 fully saturated rings. The quantitative estimate of drug-likeness (QED) is 0.790. The third-order valence-electron chi connectivity index (χ3n) is 4.28. The summed E-state index contributed by atoms with van der Waals surface area (Å²) in [4.78, 5) is 14.1. The van der Waals surface area contributed by atoms with Crippen LogP contribution in [0.15, 0.2) is 24.3 Å². The molecule has 0 spiro atoms. The molecule has 6 heteroatoms. The van der Waals surface area contributed by atoms with E-state index in [0.29, 0.717) is 12.5 Å². The van der Waals surface area contributed by atoms with E-state index < -0.39 is 5.60 Å². The second-order valence-electron chi connectivity index (χ2n) is 7.56. The predicted octanol–water partition coefficient (Wildman–Crippen LogP) is 4.71. The zero-order valence-electron chi connectivity index (χ0n) is 15.2. The highest BCUT2D eigenvalue weighted by molar-refractivity contribution is 7.13. The number of hydrogen-bond donors (Lipinski definition) is 0. The van der Waals surface area contributed by atoms with Crippen molar-refractivity contribution in [2.75, 3.05) is 19.7 Å². The minimum absolute atomic E-state index is 0.205. The average molecular weight is 362 g/mol. The van der Waals surface area contributed by atoms with Crippen molar-refractivity contribution in [1.82, 2.24) is 9.27 Å². The number of ether oxygens (including phenoxy) is 2. The lowest BCUT2D eigenvalue weighted by Crippen LogP contribution is -2.43. The number of piperidine rings is 1. The Balaban J connectivity index is 1.49. The monoisotopic (exact) mass is 362 g/mol. The van der Waals surface area contributed by atoms with E-state index in [1.54, 1.807) is 0 Å². The molecule has 1 atom stereocenters. The van der Waals surface area contributed by atoms with Gasteiger partial charge in [-0.3, -0.25) is 0 Å². The smallest absolute Gasteiger partial charge is 0.410 e. The summed E-state index contributed by atoms with van der Waals surface area (Å²) in [5.74, 6) is 1.17. The maximum atomic E-state index is 12.2. The third kappa shape index (κ3) is 4.84. The Morgan fingerprint density at radius 3 is 2.96 bits per heavy atom. The molecule has 0 N–H and O–H groups in total. The number of hydrogen-bond acceptors (Lipinski definition) is 5. The summed E-state index contributed by atoms with van der Waals surface area (Å²) in [6.07, 6.45) is 2.86. The van der Waals surface area contributed by atoms with Gasteiger partial charge in [0.15, 0.2) is 0 Å². The number of fused-ring (bicyclic) bond motifs is 1. The zero-order valence-corrected chi connectivity index (χ0v) is 16.0. The van der Waals surface area contributed by atoms with Crippen LogP contribution in [0.4, 0.5) is 4.79 Å². The Labute approximate surface area is 153 Å². The fraction of sp³-hybridized carbons (Fsp3) is 0.579. The van der Waals surface area contributed by atoms with Gasteiger partial charge in [0.05, 0.1) is 16.7 Å². The minimum atomic E-state index is -0.446. The van der Waals surface area contributed by atoms with Crippen molar-refractivity contribution in [1.29, 1.82) is 0 Å².